The zero-order valence-corrected chi connectivity index (χ0v) is 10.3. The predicted octanol–water partition coefficient (Wildman–Crippen LogP) is 2.13. The van der Waals surface area contributed by atoms with E-state index >= 15 is 0 Å². The van der Waals surface area contributed by atoms with E-state index in [1.54, 1.807) is 24.3 Å². The molecule has 0 amide bonds. The average molecular weight is 235 g/mol. The highest BCUT2D eigenvalue weighted by Gasteiger charge is 2.33. The van der Waals surface area contributed by atoms with Gasteiger partial charge in [-0.15, -0.1) is 0 Å². The Morgan fingerprint density at radius 3 is 2.59 bits per heavy atom. The topological polar surface area (TPSA) is 52.5 Å². The first-order chi connectivity index (χ1) is 8.10. The Bertz CT molecular complexity index is 351. The van der Waals surface area contributed by atoms with Crippen molar-refractivity contribution in [3.05, 3.63) is 29.8 Å². The van der Waals surface area contributed by atoms with Crippen LogP contribution in [0.2, 0.25) is 0 Å². The van der Waals surface area contributed by atoms with Crippen molar-refractivity contribution in [1.82, 2.24) is 5.32 Å². The van der Waals surface area contributed by atoms with Gasteiger partial charge in [0, 0.05) is 6.04 Å². The fourth-order valence-corrected chi connectivity index (χ4v) is 2.51. The number of phenols is 1. The van der Waals surface area contributed by atoms with E-state index < -0.39 is 5.60 Å². The maximum absolute atomic E-state index is 10.7. The highest BCUT2D eigenvalue weighted by atomic mass is 16.3. The minimum Gasteiger partial charge on any atom is -0.508 e. The molecule has 3 heteroatoms. The van der Waals surface area contributed by atoms with Crippen LogP contribution in [0.25, 0.3) is 0 Å². The molecule has 0 radical (unpaired) electrons. The quantitative estimate of drug-likeness (QED) is 0.736. The van der Waals surface area contributed by atoms with E-state index in [4.69, 9.17) is 0 Å². The fourth-order valence-electron chi connectivity index (χ4n) is 2.51. The average Bonchev–Trinajstić information content (AvgIpc) is 2.58. The van der Waals surface area contributed by atoms with Gasteiger partial charge in [-0.3, -0.25) is 0 Å². The number of hydrogen-bond acceptors (Lipinski definition) is 3. The second kappa shape index (κ2) is 5.07. The summed E-state index contributed by atoms with van der Waals surface area (Å²) < 4.78 is 0. The zero-order chi connectivity index (χ0) is 12.3. The molecule has 1 heterocycles. The predicted molar refractivity (Wildman–Crippen MR) is 67.9 cm³/mol. The molecule has 2 unspecified atom stereocenters. The smallest absolute Gasteiger partial charge is 0.115 e. The van der Waals surface area contributed by atoms with Crippen LogP contribution in [-0.4, -0.2) is 22.8 Å². The van der Waals surface area contributed by atoms with Gasteiger partial charge in [-0.25, -0.2) is 0 Å². The maximum atomic E-state index is 10.7. The Morgan fingerprint density at radius 2 is 1.88 bits per heavy atom. The van der Waals surface area contributed by atoms with Crippen LogP contribution in [0.3, 0.4) is 0 Å². The first-order valence-electron chi connectivity index (χ1n) is 6.36. The second-order valence-corrected chi connectivity index (χ2v) is 5.05. The molecule has 3 N–H and O–H groups in total. The molecule has 0 spiro atoms. The van der Waals surface area contributed by atoms with E-state index in [-0.39, 0.29) is 11.8 Å². The van der Waals surface area contributed by atoms with E-state index in [2.05, 4.69) is 5.32 Å². The molecule has 0 aromatic heterocycles. The van der Waals surface area contributed by atoms with E-state index in [0.717, 1.165) is 24.9 Å². The summed E-state index contributed by atoms with van der Waals surface area (Å²) in [5.41, 5.74) is -0.0207. The molecule has 0 saturated carbocycles. The lowest BCUT2D eigenvalue weighted by Gasteiger charge is -2.33. The second-order valence-electron chi connectivity index (χ2n) is 5.05. The number of benzene rings is 1. The number of rotatable bonds is 2. The van der Waals surface area contributed by atoms with Gasteiger partial charge >= 0.3 is 0 Å². The van der Waals surface area contributed by atoms with Crippen molar-refractivity contribution in [1.29, 1.82) is 0 Å². The molecule has 94 valence electrons. The van der Waals surface area contributed by atoms with Gasteiger partial charge < -0.3 is 15.5 Å². The van der Waals surface area contributed by atoms with Crippen molar-refractivity contribution in [2.24, 2.45) is 0 Å². The number of phenolic OH excluding ortho intramolecular Hbond substituents is 1. The largest absolute Gasteiger partial charge is 0.508 e. The monoisotopic (exact) mass is 235 g/mol. The molecule has 1 fully saturated rings. The third kappa shape index (κ3) is 2.79. The molecule has 17 heavy (non-hydrogen) atoms. The Balaban J connectivity index is 2.18. The third-order valence-corrected chi connectivity index (χ3v) is 3.69. The molecule has 0 aliphatic carbocycles. The Hall–Kier alpha value is -1.06. The van der Waals surface area contributed by atoms with Gasteiger partial charge in [0.2, 0.25) is 0 Å². The van der Waals surface area contributed by atoms with Crippen LogP contribution >= 0.6 is 0 Å². The van der Waals surface area contributed by atoms with Crippen LogP contribution in [0, 0.1) is 0 Å². The van der Waals surface area contributed by atoms with Crippen LogP contribution < -0.4 is 5.32 Å². The summed E-state index contributed by atoms with van der Waals surface area (Å²) in [6.07, 6.45) is 4.57. The van der Waals surface area contributed by atoms with E-state index in [9.17, 15) is 10.2 Å². The normalized spacial score (nSPS) is 24.9. The van der Waals surface area contributed by atoms with Crippen molar-refractivity contribution in [3.8, 4) is 5.75 Å². The van der Waals surface area contributed by atoms with Crippen LogP contribution in [0.5, 0.6) is 5.75 Å². The van der Waals surface area contributed by atoms with Gasteiger partial charge in [-0.05, 0) is 44.0 Å². The lowest BCUT2D eigenvalue weighted by molar-refractivity contribution is 0.0136. The minimum absolute atomic E-state index is 0.0922. The summed E-state index contributed by atoms with van der Waals surface area (Å²) in [5.74, 6) is 0.235. The number of nitrogens with one attached hydrogen (secondary N) is 1. The summed E-state index contributed by atoms with van der Waals surface area (Å²) in [5, 5.41) is 23.4. The van der Waals surface area contributed by atoms with Crippen LogP contribution in [0.15, 0.2) is 24.3 Å². The number of aliphatic hydroxyl groups is 1. The van der Waals surface area contributed by atoms with Crippen molar-refractivity contribution >= 4 is 0 Å². The lowest BCUT2D eigenvalue weighted by Crippen LogP contribution is -2.46. The molecule has 2 rings (SSSR count). The molecule has 1 saturated heterocycles. The van der Waals surface area contributed by atoms with Crippen LogP contribution in [0.1, 0.15) is 38.2 Å². The van der Waals surface area contributed by atoms with Gasteiger partial charge in [0.05, 0.1) is 0 Å². The standard InChI is InChI=1S/C14H21NO2/c1-14(17,11-6-8-12(16)9-7-11)13-5-3-2-4-10-15-13/h6-9,13,15-17H,2-5,10H2,1H3. The number of aromatic hydroxyl groups is 1. The van der Waals surface area contributed by atoms with Gasteiger partial charge in [0.25, 0.3) is 0 Å². The van der Waals surface area contributed by atoms with Gasteiger partial charge in [-0.2, -0.15) is 0 Å². The number of hydrogen-bond donors (Lipinski definition) is 3. The molecule has 2 atom stereocenters. The third-order valence-electron chi connectivity index (χ3n) is 3.69. The summed E-state index contributed by atoms with van der Waals surface area (Å²) in [6, 6.07) is 6.93. The zero-order valence-electron chi connectivity index (χ0n) is 10.3. The molecular weight excluding hydrogens is 214 g/mol. The van der Waals surface area contributed by atoms with E-state index in [1.807, 2.05) is 6.92 Å². The lowest BCUT2D eigenvalue weighted by atomic mass is 9.86. The molecule has 0 bridgehead atoms. The summed E-state index contributed by atoms with van der Waals surface area (Å²) >= 11 is 0. The SMILES string of the molecule is CC(O)(c1ccc(O)cc1)C1CCCCCN1. The summed E-state index contributed by atoms with van der Waals surface area (Å²) in [7, 11) is 0. The summed E-state index contributed by atoms with van der Waals surface area (Å²) in [6.45, 7) is 2.82. The summed E-state index contributed by atoms with van der Waals surface area (Å²) in [4.78, 5) is 0. The maximum Gasteiger partial charge on any atom is 0.115 e. The molecule has 1 aliphatic heterocycles. The van der Waals surface area contributed by atoms with Gasteiger partial charge in [-0.1, -0.05) is 25.0 Å². The molecule has 1 aromatic carbocycles. The molecule has 3 nitrogen and oxygen atoms in total. The fraction of sp³-hybridized carbons (Fsp3) is 0.571. The first-order valence-corrected chi connectivity index (χ1v) is 6.36. The Labute approximate surface area is 102 Å². The highest BCUT2D eigenvalue weighted by Crippen LogP contribution is 2.29. The van der Waals surface area contributed by atoms with E-state index in [1.165, 1.54) is 12.8 Å². The van der Waals surface area contributed by atoms with Crippen LogP contribution in [-0.2, 0) is 5.60 Å². The highest BCUT2D eigenvalue weighted by molar-refractivity contribution is 5.30. The first kappa shape index (κ1) is 12.4. The van der Waals surface area contributed by atoms with Gasteiger partial charge in [0.1, 0.15) is 11.4 Å². The van der Waals surface area contributed by atoms with E-state index in [0.29, 0.717) is 0 Å². The molecular formula is C14H21NO2. The van der Waals surface area contributed by atoms with Crippen molar-refractivity contribution in [3.63, 3.8) is 0 Å². The van der Waals surface area contributed by atoms with Crippen LogP contribution in [0.4, 0.5) is 0 Å². The minimum atomic E-state index is -0.877. The van der Waals surface area contributed by atoms with Crippen molar-refractivity contribution < 1.29 is 10.2 Å². The van der Waals surface area contributed by atoms with Crippen molar-refractivity contribution in [2.75, 3.05) is 6.54 Å². The molecule has 1 aliphatic rings. The Kier molecular flexibility index (Phi) is 3.69. The molecule has 1 aromatic rings. The Morgan fingerprint density at radius 1 is 1.18 bits per heavy atom. The van der Waals surface area contributed by atoms with Crippen molar-refractivity contribution in [2.45, 2.75) is 44.2 Å². The van der Waals surface area contributed by atoms with Gasteiger partial charge in [0.15, 0.2) is 0 Å².